The van der Waals surface area contributed by atoms with Gasteiger partial charge in [0.05, 0.1) is 43.1 Å². The number of aromatic hydroxyl groups is 1. The van der Waals surface area contributed by atoms with Crippen molar-refractivity contribution in [3.05, 3.63) is 102 Å². The van der Waals surface area contributed by atoms with E-state index in [1.54, 1.807) is 0 Å². The summed E-state index contributed by atoms with van der Waals surface area (Å²) in [5.41, 5.74) is 0.633. The molecule has 3 aromatic rings. The summed E-state index contributed by atoms with van der Waals surface area (Å²) >= 11 is 0. The SMILES string of the molecule is C=CC(=O)OCCCCOC(=O)Oc1ccc(C(=O)Oc2ccc(C(=O)O[C@@H]3CO[C@H]4[C@@H]3OC[C@H]4OC(=O)c3ccc(O)cc3)cc2)cc1. The zero-order valence-electron chi connectivity index (χ0n) is 26.0. The van der Waals surface area contributed by atoms with Crippen LogP contribution in [0.2, 0.25) is 0 Å². The lowest BCUT2D eigenvalue weighted by atomic mass is 10.1. The second-order valence-electron chi connectivity index (χ2n) is 10.7. The Labute approximate surface area is 280 Å². The Hall–Kier alpha value is -5.73. The summed E-state index contributed by atoms with van der Waals surface area (Å²) in [5, 5.41) is 9.42. The number of carbonyl (C=O) groups is 5. The number of benzene rings is 3. The lowest BCUT2D eigenvalue weighted by molar-refractivity contribution is -0.137. The predicted octanol–water partition coefficient (Wildman–Crippen LogP) is 4.18. The van der Waals surface area contributed by atoms with Crippen LogP contribution in [0, 0.1) is 0 Å². The average molecular weight is 677 g/mol. The van der Waals surface area contributed by atoms with Crippen LogP contribution >= 0.6 is 0 Å². The summed E-state index contributed by atoms with van der Waals surface area (Å²) in [4.78, 5) is 60.8. The van der Waals surface area contributed by atoms with Crippen LogP contribution < -0.4 is 9.47 Å². The van der Waals surface area contributed by atoms with Gasteiger partial charge in [-0.15, -0.1) is 0 Å². The van der Waals surface area contributed by atoms with Crippen molar-refractivity contribution in [2.45, 2.75) is 37.3 Å². The van der Waals surface area contributed by atoms with Crippen LogP contribution in [0.4, 0.5) is 4.79 Å². The first-order chi connectivity index (χ1) is 23.7. The fourth-order valence-corrected chi connectivity index (χ4v) is 4.84. The van der Waals surface area contributed by atoms with Crippen LogP contribution in [0.25, 0.3) is 0 Å². The lowest BCUT2D eigenvalue weighted by Gasteiger charge is -2.17. The van der Waals surface area contributed by atoms with Gasteiger partial charge in [0.15, 0.2) is 12.2 Å². The van der Waals surface area contributed by atoms with Crippen molar-refractivity contribution in [2.24, 2.45) is 0 Å². The van der Waals surface area contributed by atoms with Gasteiger partial charge in [-0.25, -0.2) is 24.0 Å². The molecule has 0 amide bonds. The monoisotopic (exact) mass is 676 g/mol. The van der Waals surface area contributed by atoms with Gasteiger partial charge in [-0.05, 0) is 85.6 Å². The zero-order chi connectivity index (χ0) is 34.8. The van der Waals surface area contributed by atoms with Crippen molar-refractivity contribution < 1.29 is 67.0 Å². The minimum absolute atomic E-state index is 0.0218. The summed E-state index contributed by atoms with van der Waals surface area (Å²) in [6, 6.07) is 17.0. The van der Waals surface area contributed by atoms with E-state index in [0.717, 1.165) is 6.08 Å². The fraction of sp³-hybridized carbons (Fsp3) is 0.286. The second-order valence-corrected chi connectivity index (χ2v) is 10.7. The molecule has 0 radical (unpaired) electrons. The maximum absolute atomic E-state index is 12.8. The predicted molar refractivity (Wildman–Crippen MR) is 166 cm³/mol. The summed E-state index contributed by atoms with van der Waals surface area (Å²) < 4.78 is 42.9. The van der Waals surface area contributed by atoms with Crippen molar-refractivity contribution in [1.82, 2.24) is 0 Å². The molecule has 1 N–H and O–H groups in total. The second kappa shape index (κ2) is 16.4. The number of unbranched alkanes of at least 4 members (excludes halogenated alkanes) is 1. The zero-order valence-corrected chi connectivity index (χ0v) is 26.0. The topological polar surface area (TPSA) is 179 Å². The minimum atomic E-state index is -0.926. The van der Waals surface area contributed by atoms with Gasteiger partial charge in [-0.1, -0.05) is 6.58 Å². The molecule has 2 heterocycles. The number of carbonyl (C=O) groups excluding carboxylic acids is 5. The fourth-order valence-electron chi connectivity index (χ4n) is 4.84. The quantitative estimate of drug-likeness (QED) is 0.0680. The highest BCUT2D eigenvalue weighted by molar-refractivity contribution is 5.92. The van der Waals surface area contributed by atoms with Gasteiger partial charge in [-0.3, -0.25) is 0 Å². The van der Waals surface area contributed by atoms with E-state index in [1.165, 1.54) is 72.8 Å². The van der Waals surface area contributed by atoms with E-state index in [4.69, 9.17) is 37.9 Å². The van der Waals surface area contributed by atoms with Gasteiger partial charge in [0, 0.05) is 6.08 Å². The number of phenols is 1. The smallest absolute Gasteiger partial charge is 0.508 e. The number of fused-ring (bicyclic) bond motifs is 1. The molecule has 2 aliphatic heterocycles. The van der Waals surface area contributed by atoms with Crippen molar-refractivity contribution >= 4 is 30.0 Å². The van der Waals surface area contributed by atoms with Crippen LogP contribution in [0.1, 0.15) is 43.9 Å². The molecular weight excluding hydrogens is 644 g/mol. The maximum Gasteiger partial charge on any atom is 0.513 e. The number of esters is 4. The molecule has 2 fully saturated rings. The Morgan fingerprint density at radius 1 is 0.653 bits per heavy atom. The number of ether oxygens (including phenoxy) is 8. The number of hydrogen-bond donors (Lipinski definition) is 1. The average Bonchev–Trinajstić information content (AvgIpc) is 3.69. The Kier molecular flexibility index (Phi) is 11.6. The van der Waals surface area contributed by atoms with Crippen molar-refractivity contribution in [1.29, 1.82) is 0 Å². The maximum atomic E-state index is 12.8. The van der Waals surface area contributed by atoms with Crippen LogP contribution in [0.15, 0.2) is 85.5 Å². The van der Waals surface area contributed by atoms with E-state index in [-0.39, 0.29) is 60.4 Å². The summed E-state index contributed by atoms with van der Waals surface area (Å²) in [7, 11) is 0. The molecule has 0 spiro atoms. The molecule has 14 heteroatoms. The molecule has 0 aliphatic carbocycles. The number of hydrogen-bond acceptors (Lipinski definition) is 14. The molecule has 5 rings (SSSR count). The third-order valence-electron chi connectivity index (χ3n) is 7.34. The molecule has 2 saturated heterocycles. The Morgan fingerprint density at radius 2 is 1.10 bits per heavy atom. The molecule has 2 aliphatic rings. The summed E-state index contributed by atoms with van der Waals surface area (Å²) in [5.74, 6) is -2.11. The molecule has 0 aromatic heterocycles. The molecule has 0 unspecified atom stereocenters. The van der Waals surface area contributed by atoms with E-state index in [0.29, 0.717) is 12.8 Å². The molecule has 4 atom stereocenters. The molecule has 0 bridgehead atoms. The first kappa shape index (κ1) is 34.6. The minimum Gasteiger partial charge on any atom is -0.508 e. The van der Waals surface area contributed by atoms with Crippen LogP contribution in [-0.2, 0) is 33.2 Å². The molecule has 256 valence electrons. The third kappa shape index (κ3) is 9.43. The van der Waals surface area contributed by atoms with E-state index >= 15 is 0 Å². The first-order valence-corrected chi connectivity index (χ1v) is 15.2. The molecular formula is C35H32O14. The molecule has 14 nitrogen and oxygen atoms in total. The van der Waals surface area contributed by atoms with Crippen molar-refractivity contribution in [2.75, 3.05) is 26.4 Å². The van der Waals surface area contributed by atoms with Gasteiger partial charge in [0.1, 0.15) is 29.5 Å². The largest absolute Gasteiger partial charge is 0.513 e. The Bertz CT molecular complexity index is 1650. The van der Waals surface area contributed by atoms with Crippen LogP contribution in [-0.4, -0.2) is 86.0 Å². The Balaban J connectivity index is 1.03. The highest BCUT2D eigenvalue weighted by Crippen LogP contribution is 2.32. The highest BCUT2D eigenvalue weighted by atomic mass is 16.7. The standard InChI is InChI=1S/C35H32O14/c1-2-29(37)42-17-3-4-18-43-35(41)47-26-15-9-22(10-16-26)32(38)46-25-13-7-23(8-14-25)34(40)49-28-20-45-30-27(19-44-31(28)30)48-33(39)21-5-11-24(36)12-6-21/h2,5-16,27-28,30-31,36H,1,3-4,17-20H2/t27-,28-,30-,31-/m1/s1. The third-order valence-corrected chi connectivity index (χ3v) is 7.34. The molecule has 49 heavy (non-hydrogen) atoms. The Morgan fingerprint density at radius 3 is 1.61 bits per heavy atom. The van der Waals surface area contributed by atoms with Gasteiger partial charge in [-0.2, -0.15) is 0 Å². The lowest BCUT2D eigenvalue weighted by Crippen LogP contribution is -2.36. The van der Waals surface area contributed by atoms with E-state index in [2.05, 4.69) is 6.58 Å². The number of phenolic OH excluding ortho intramolecular Hbond substituents is 1. The number of rotatable bonds is 13. The van der Waals surface area contributed by atoms with E-state index in [9.17, 15) is 29.1 Å². The summed E-state index contributed by atoms with van der Waals surface area (Å²) in [6.07, 6.45) is -1.59. The van der Waals surface area contributed by atoms with Crippen molar-refractivity contribution in [3.8, 4) is 17.2 Å². The molecule has 0 saturated carbocycles. The van der Waals surface area contributed by atoms with Crippen LogP contribution in [0.3, 0.4) is 0 Å². The summed E-state index contributed by atoms with van der Waals surface area (Å²) in [6.45, 7) is 3.65. The first-order valence-electron chi connectivity index (χ1n) is 15.2. The van der Waals surface area contributed by atoms with Gasteiger partial charge in [0.25, 0.3) is 0 Å². The van der Waals surface area contributed by atoms with Gasteiger partial charge in [0.2, 0.25) is 0 Å². The van der Waals surface area contributed by atoms with Crippen LogP contribution in [0.5, 0.6) is 17.2 Å². The highest BCUT2D eigenvalue weighted by Gasteiger charge is 2.51. The van der Waals surface area contributed by atoms with E-state index < -0.39 is 54.4 Å². The van der Waals surface area contributed by atoms with Gasteiger partial charge < -0.3 is 43.0 Å². The van der Waals surface area contributed by atoms with E-state index in [1.807, 2.05) is 0 Å². The van der Waals surface area contributed by atoms with Gasteiger partial charge >= 0.3 is 30.0 Å². The normalized spacial score (nSPS) is 19.2. The molecule has 3 aromatic carbocycles. The van der Waals surface area contributed by atoms with Crippen molar-refractivity contribution in [3.63, 3.8) is 0 Å².